The standard InChI is InChI=1S/C6H9N3O2S/c1-4(10)2-7-6(11)5-3-12-9-8-5/h3-4,10H,2H2,1H3,(H,7,11)/t4-/m0/s1. The lowest BCUT2D eigenvalue weighted by Crippen LogP contribution is -2.30. The Morgan fingerprint density at radius 2 is 2.67 bits per heavy atom. The molecule has 0 aromatic carbocycles. The van der Waals surface area contributed by atoms with Crippen molar-refractivity contribution in [3.05, 3.63) is 11.1 Å². The van der Waals surface area contributed by atoms with Gasteiger partial charge in [-0.25, -0.2) is 0 Å². The topological polar surface area (TPSA) is 75.1 Å². The van der Waals surface area contributed by atoms with Crippen LogP contribution in [0.15, 0.2) is 5.38 Å². The maximum absolute atomic E-state index is 11.1. The number of aliphatic hydroxyl groups is 1. The maximum Gasteiger partial charge on any atom is 0.272 e. The summed E-state index contributed by atoms with van der Waals surface area (Å²) in [4.78, 5) is 11.1. The van der Waals surface area contributed by atoms with Crippen molar-refractivity contribution in [3.8, 4) is 0 Å². The van der Waals surface area contributed by atoms with Gasteiger partial charge in [0.2, 0.25) is 0 Å². The highest BCUT2D eigenvalue weighted by Gasteiger charge is 2.08. The number of hydrogen-bond donors (Lipinski definition) is 2. The van der Waals surface area contributed by atoms with E-state index in [0.717, 1.165) is 11.5 Å². The van der Waals surface area contributed by atoms with E-state index >= 15 is 0 Å². The van der Waals surface area contributed by atoms with Crippen LogP contribution >= 0.6 is 11.5 Å². The van der Waals surface area contributed by atoms with E-state index in [0.29, 0.717) is 5.69 Å². The smallest absolute Gasteiger partial charge is 0.272 e. The molecule has 2 N–H and O–H groups in total. The minimum Gasteiger partial charge on any atom is -0.392 e. The van der Waals surface area contributed by atoms with Crippen LogP contribution in [0.1, 0.15) is 17.4 Å². The molecule has 66 valence electrons. The zero-order chi connectivity index (χ0) is 8.97. The minimum atomic E-state index is -0.541. The lowest BCUT2D eigenvalue weighted by molar-refractivity contribution is 0.0919. The summed E-state index contributed by atoms with van der Waals surface area (Å²) in [6, 6.07) is 0. The zero-order valence-corrected chi connectivity index (χ0v) is 7.34. The summed E-state index contributed by atoms with van der Waals surface area (Å²) in [5.41, 5.74) is 0.292. The fourth-order valence-corrected chi connectivity index (χ4v) is 1.03. The number of rotatable bonds is 3. The molecule has 0 bridgehead atoms. The molecule has 0 saturated carbocycles. The molecular formula is C6H9N3O2S. The van der Waals surface area contributed by atoms with Crippen molar-refractivity contribution in [1.29, 1.82) is 0 Å². The molecule has 0 aliphatic rings. The molecule has 1 atom stereocenters. The number of hydrogen-bond acceptors (Lipinski definition) is 5. The Morgan fingerprint density at radius 1 is 1.92 bits per heavy atom. The van der Waals surface area contributed by atoms with Crippen LogP contribution in [-0.4, -0.2) is 33.2 Å². The Bertz CT molecular complexity index is 247. The highest BCUT2D eigenvalue weighted by Crippen LogP contribution is 1.95. The summed E-state index contributed by atoms with van der Waals surface area (Å²) >= 11 is 1.12. The van der Waals surface area contributed by atoms with Crippen molar-refractivity contribution in [3.63, 3.8) is 0 Å². The molecule has 1 aromatic rings. The number of nitrogens with one attached hydrogen (secondary N) is 1. The van der Waals surface area contributed by atoms with E-state index in [9.17, 15) is 4.79 Å². The first-order chi connectivity index (χ1) is 5.70. The van der Waals surface area contributed by atoms with E-state index in [1.807, 2.05) is 0 Å². The third-order valence-electron chi connectivity index (χ3n) is 1.15. The molecule has 1 aromatic heterocycles. The number of amides is 1. The van der Waals surface area contributed by atoms with Crippen molar-refractivity contribution in [1.82, 2.24) is 14.9 Å². The zero-order valence-electron chi connectivity index (χ0n) is 6.52. The number of carbonyl (C=O) groups is 1. The predicted molar refractivity (Wildman–Crippen MR) is 43.9 cm³/mol. The van der Waals surface area contributed by atoms with E-state index in [1.165, 1.54) is 0 Å². The first-order valence-electron chi connectivity index (χ1n) is 3.43. The quantitative estimate of drug-likeness (QED) is 0.678. The molecule has 0 unspecified atom stereocenters. The van der Waals surface area contributed by atoms with Crippen LogP contribution in [0.25, 0.3) is 0 Å². The van der Waals surface area contributed by atoms with E-state index in [2.05, 4.69) is 14.9 Å². The van der Waals surface area contributed by atoms with Crippen LogP contribution in [0.4, 0.5) is 0 Å². The number of aromatic nitrogens is 2. The molecular weight excluding hydrogens is 178 g/mol. The Morgan fingerprint density at radius 3 is 3.17 bits per heavy atom. The van der Waals surface area contributed by atoms with Gasteiger partial charge in [0.05, 0.1) is 6.10 Å². The summed E-state index contributed by atoms with van der Waals surface area (Å²) in [5.74, 6) is -0.301. The summed E-state index contributed by atoms with van der Waals surface area (Å²) in [6.45, 7) is 1.83. The van der Waals surface area contributed by atoms with Crippen LogP contribution in [0.5, 0.6) is 0 Å². The van der Waals surface area contributed by atoms with Gasteiger partial charge in [0.25, 0.3) is 5.91 Å². The van der Waals surface area contributed by atoms with Crippen molar-refractivity contribution >= 4 is 17.4 Å². The fourth-order valence-electron chi connectivity index (χ4n) is 0.595. The Labute approximate surface area is 73.6 Å². The van der Waals surface area contributed by atoms with Gasteiger partial charge in [-0.1, -0.05) is 4.49 Å². The SMILES string of the molecule is C[C@H](O)CNC(=O)c1csnn1. The van der Waals surface area contributed by atoms with Crippen LogP contribution in [0, 0.1) is 0 Å². The maximum atomic E-state index is 11.1. The van der Waals surface area contributed by atoms with Gasteiger partial charge >= 0.3 is 0 Å². The first kappa shape index (κ1) is 9.08. The average Bonchev–Trinajstić information content (AvgIpc) is 2.51. The van der Waals surface area contributed by atoms with E-state index in [1.54, 1.807) is 12.3 Å². The largest absolute Gasteiger partial charge is 0.392 e. The highest BCUT2D eigenvalue weighted by molar-refractivity contribution is 7.03. The third kappa shape index (κ3) is 2.55. The first-order valence-corrected chi connectivity index (χ1v) is 4.27. The summed E-state index contributed by atoms with van der Waals surface area (Å²) in [6.07, 6.45) is -0.541. The summed E-state index contributed by atoms with van der Waals surface area (Å²) in [7, 11) is 0. The summed E-state index contributed by atoms with van der Waals surface area (Å²) < 4.78 is 3.54. The van der Waals surface area contributed by atoms with Crippen molar-refractivity contribution in [2.75, 3.05) is 6.54 Å². The molecule has 6 heteroatoms. The molecule has 0 saturated heterocycles. The molecule has 12 heavy (non-hydrogen) atoms. The van der Waals surface area contributed by atoms with Gasteiger partial charge in [-0.3, -0.25) is 4.79 Å². The van der Waals surface area contributed by atoms with E-state index < -0.39 is 6.10 Å². The van der Waals surface area contributed by atoms with Crippen LogP contribution in [0.3, 0.4) is 0 Å². The Balaban J connectivity index is 2.40. The van der Waals surface area contributed by atoms with Crippen molar-refractivity contribution in [2.24, 2.45) is 0 Å². The Kier molecular flexibility index (Phi) is 3.12. The van der Waals surface area contributed by atoms with Gasteiger partial charge < -0.3 is 10.4 Å². The second kappa shape index (κ2) is 4.13. The monoisotopic (exact) mass is 187 g/mol. The van der Waals surface area contributed by atoms with Crippen molar-refractivity contribution in [2.45, 2.75) is 13.0 Å². The molecule has 5 nitrogen and oxygen atoms in total. The van der Waals surface area contributed by atoms with Gasteiger partial charge in [0, 0.05) is 11.9 Å². The molecule has 0 radical (unpaired) electrons. The molecule has 1 rings (SSSR count). The molecule has 1 heterocycles. The normalized spacial score (nSPS) is 12.5. The molecule has 0 aliphatic carbocycles. The lowest BCUT2D eigenvalue weighted by atomic mass is 10.4. The minimum absolute atomic E-state index is 0.232. The second-order valence-electron chi connectivity index (χ2n) is 2.35. The molecule has 0 aliphatic heterocycles. The van der Waals surface area contributed by atoms with Gasteiger partial charge in [-0.2, -0.15) is 0 Å². The second-order valence-corrected chi connectivity index (χ2v) is 2.96. The van der Waals surface area contributed by atoms with Gasteiger partial charge in [0.15, 0.2) is 5.69 Å². The van der Waals surface area contributed by atoms with Crippen LogP contribution < -0.4 is 5.32 Å². The van der Waals surface area contributed by atoms with Gasteiger partial charge in [-0.05, 0) is 18.5 Å². The van der Waals surface area contributed by atoms with Gasteiger partial charge in [-0.15, -0.1) is 5.10 Å². The molecule has 1 amide bonds. The lowest BCUT2D eigenvalue weighted by Gasteiger charge is -2.03. The third-order valence-corrected chi connectivity index (χ3v) is 1.66. The van der Waals surface area contributed by atoms with Crippen molar-refractivity contribution < 1.29 is 9.90 Å². The average molecular weight is 187 g/mol. The summed E-state index contributed by atoms with van der Waals surface area (Å²) in [5, 5.41) is 16.5. The van der Waals surface area contributed by atoms with E-state index in [4.69, 9.17) is 5.11 Å². The molecule has 0 spiro atoms. The molecule has 0 fully saturated rings. The Hall–Kier alpha value is -1.01. The van der Waals surface area contributed by atoms with Gasteiger partial charge in [0.1, 0.15) is 0 Å². The predicted octanol–water partition coefficient (Wildman–Crippen LogP) is -0.351. The fraction of sp³-hybridized carbons (Fsp3) is 0.500. The van der Waals surface area contributed by atoms with Crippen LogP contribution in [0.2, 0.25) is 0 Å². The van der Waals surface area contributed by atoms with Crippen LogP contribution in [-0.2, 0) is 0 Å². The number of carbonyl (C=O) groups excluding carboxylic acids is 1. The highest BCUT2D eigenvalue weighted by atomic mass is 32.1. The van der Waals surface area contributed by atoms with E-state index in [-0.39, 0.29) is 12.5 Å². The number of nitrogens with zero attached hydrogens (tertiary/aromatic N) is 2. The number of aliphatic hydroxyl groups excluding tert-OH is 1.